The highest BCUT2D eigenvalue weighted by atomic mass is 32.2. The van der Waals surface area contributed by atoms with Crippen LogP contribution in [-0.4, -0.2) is 64.0 Å². The maximum absolute atomic E-state index is 12.5. The van der Waals surface area contributed by atoms with E-state index in [2.05, 4.69) is 10.00 Å². The lowest BCUT2D eigenvalue weighted by Crippen LogP contribution is -2.49. The molecule has 3 aliphatic rings. The zero-order valence-electron chi connectivity index (χ0n) is 16.1. The van der Waals surface area contributed by atoms with Crippen LogP contribution < -0.4 is 5.56 Å². The fourth-order valence-corrected chi connectivity index (χ4v) is 5.41. The van der Waals surface area contributed by atoms with Crippen LogP contribution >= 0.6 is 11.8 Å². The number of piperazine rings is 1. The van der Waals surface area contributed by atoms with Crippen LogP contribution in [0.5, 0.6) is 0 Å². The molecule has 1 aromatic rings. The molecule has 0 spiro atoms. The largest absolute Gasteiger partial charge is 0.340 e. The second-order valence-electron chi connectivity index (χ2n) is 8.06. The molecule has 27 heavy (non-hydrogen) atoms. The average molecular weight is 391 g/mol. The Bertz CT molecular complexity index is 721. The monoisotopic (exact) mass is 390 g/mol. The van der Waals surface area contributed by atoms with Crippen LogP contribution in [0.3, 0.4) is 0 Å². The Morgan fingerprint density at radius 3 is 2.70 bits per heavy atom. The molecular weight excluding hydrogens is 360 g/mol. The lowest BCUT2D eigenvalue weighted by Gasteiger charge is -2.35. The Kier molecular flexibility index (Phi) is 6.18. The fraction of sp³-hybridized carbons (Fsp3) is 0.750. The highest BCUT2D eigenvalue weighted by molar-refractivity contribution is 7.98. The highest BCUT2D eigenvalue weighted by Crippen LogP contribution is 2.28. The van der Waals surface area contributed by atoms with Crippen molar-refractivity contribution >= 4 is 17.7 Å². The molecule has 1 aliphatic carbocycles. The third-order valence-corrected chi connectivity index (χ3v) is 7.20. The second kappa shape index (κ2) is 8.78. The predicted molar refractivity (Wildman–Crippen MR) is 108 cm³/mol. The van der Waals surface area contributed by atoms with Gasteiger partial charge in [-0.3, -0.25) is 14.5 Å². The van der Waals surface area contributed by atoms with Crippen LogP contribution in [0, 0.1) is 5.92 Å². The number of carbonyl (C=O) groups is 1. The van der Waals surface area contributed by atoms with Crippen molar-refractivity contribution in [1.82, 2.24) is 19.6 Å². The Labute approximate surface area is 165 Å². The molecule has 148 valence electrons. The van der Waals surface area contributed by atoms with E-state index < -0.39 is 0 Å². The van der Waals surface area contributed by atoms with E-state index in [0.29, 0.717) is 18.4 Å². The van der Waals surface area contributed by atoms with E-state index in [9.17, 15) is 9.59 Å². The van der Waals surface area contributed by atoms with Gasteiger partial charge in [0.1, 0.15) is 0 Å². The molecule has 2 fully saturated rings. The Morgan fingerprint density at radius 1 is 1.15 bits per heavy atom. The molecule has 4 rings (SSSR count). The predicted octanol–water partition coefficient (Wildman–Crippen LogP) is 1.76. The average Bonchev–Trinajstić information content (AvgIpc) is 3.19. The van der Waals surface area contributed by atoms with Gasteiger partial charge in [0, 0.05) is 57.4 Å². The Balaban J connectivity index is 1.25. The number of aromatic nitrogens is 2. The van der Waals surface area contributed by atoms with Crippen LogP contribution in [0.2, 0.25) is 0 Å². The summed E-state index contributed by atoms with van der Waals surface area (Å²) in [4.78, 5) is 29.1. The van der Waals surface area contributed by atoms with Crippen molar-refractivity contribution < 1.29 is 4.79 Å². The number of amides is 1. The molecule has 0 unspecified atom stereocenters. The SMILES string of the molecule is O=C(CC1CCCC1)N1CCN(CCn2nc3c(cc2=O)CSCC3)CC1. The number of rotatable bonds is 5. The fourth-order valence-electron chi connectivity index (χ4n) is 4.46. The first-order chi connectivity index (χ1) is 13.2. The summed E-state index contributed by atoms with van der Waals surface area (Å²) in [5.74, 6) is 2.97. The molecule has 0 radical (unpaired) electrons. The van der Waals surface area contributed by atoms with Gasteiger partial charge in [-0.25, -0.2) is 4.68 Å². The number of fused-ring (bicyclic) bond motifs is 1. The van der Waals surface area contributed by atoms with Gasteiger partial charge in [0.2, 0.25) is 5.91 Å². The van der Waals surface area contributed by atoms with Crippen LogP contribution in [0.4, 0.5) is 0 Å². The Hall–Kier alpha value is -1.34. The minimum absolute atomic E-state index is 0.0154. The van der Waals surface area contributed by atoms with Crippen LogP contribution in [-0.2, 0) is 23.5 Å². The van der Waals surface area contributed by atoms with E-state index in [-0.39, 0.29) is 5.56 Å². The molecule has 3 heterocycles. The number of thioether (sulfide) groups is 1. The molecular formula is C20H30N4O2S. The molecule has 1 saturated heterocycles. The third kappa shape index (κ3) is 4.74. The zero-order chi connectivity index (χ0) is 18.6. The summed E-state index contributed by atoms with van der Waals surface area (Å²) in [6.07, 6.45) is 6.75. The van der Waals surface area contributed by atoms with Crippen molar-refractivity contribution in [2.75, 3.05) is 38.5 Å². The minimum atomic E-state index is 0.0154. The van der Waals surface area contributed by atoms with E-state index in [1.165, 1.54) is 25.7 Å². The summed E-state index contributed by atoms with van der Waals surface area (Å²) in [6, 6.07) is 1.77. The van der Waals surface area contributed by atoms with E-state index in [0.717, 1.165) is 68.3 Å². The molecule has 6 nitrogen and oxygen atoms in total. The van der Waals surface area contributed by atoms with E-state index in [1.807, 2.05) is 16.7 Å². The van der Waals surface area contributed by atoms with Gasteiger partial charge in [-0.05, 0) is 30.1 Å². The normalized spacial score (nSPS) is 21.4. The molecule has 1 amide bonds. The van der Waals surface area contributed by atoms with Crippen LogP contribution in [0.15, 0.2) is 10.9 Å². The maximum atomic E-state index is 12.5. The van der Waals surface area contributed by atoms with Crippen molar-refractivity contribution in [3.63, 3.8) is 0 Å². The van der Waals surface area contributed by atoms with Crippen molar-refractivity contribution in [3.8, 4) is 0 Å². The molecule has 0 bridgehead atoms. The standard InChI is InChI=1S/C20H30N4O2S/c25-19(13-16-3-1-2-4-16)23-9-6-22(7-10-23)8-11-24-20(26)14-17-15-27-12-5-18(17)21-24/h14,16H,1-13,15H2. The first-order valence-electron chi connectivity index (χ1n) is 10.4. The second-order valence-corrected chi connectivity index (χ2v) is 9.16. The van der Waals surface area contributed by atoms with Crippen LogP contribution in [0.25, 0.3) is 0 Å². The van der Waals surface area contributed by atoms with E-state index >= 15 is 0 Å². The highest BCUT2D eigenvalue weighted by Gasteiger charge is 2.25. The summed E-state index contributed by atoms with van der Waals surface area (Å²) in [7, 11) is 0. The molecule has 0 aromatic carbocycles. The third-order valence-electron chi connectivity index (χ3n) is 6.20. The summed E-state index contributed by atoms with van der Waals surface area (Å²) in [5, 5.41) is 4.60. The zero-order valence-corrected chi connectivity index (χ0v) is 16.9. The Morgan fingerprint density at radius 2 is 1.93 bits per heavy atom. The van der Waals surface area contributed by atoms with E-state index in [4.69, 9.17) is 0 Å². The number of carbonyl (C=O) groups excluding carboxylic acids is 1. The number of hydrogen-bond acceptors (Lipinski definition) is 5. The first kappa shape index (κ1) is 19.0. The van der Waals surface area contributed by atoms with Gasteiger partial charge in [-0.15, -0.1) is 0 Å². The molecule has 7 heteroatoms. The van der Waals surface area contributed by atoms with Gasteiger partial charge >= 0.3 is 0 Å². The van der Waals surface area contributed by atoms with Crippen molar-refractivity contribution in [2.45, 2.75) is 50.8 Å². The van der Waals surface area contributed by atoms with Crippen LogP contribution in [0.1, 0.15) is 43.4 Å². The number of hydrogen-bond donors (Lipinski definition) is 0. The van der Waals surface area contributed by atoms with Crippen molar-refractivity contribution in [3.05, 3.63) is 27.7 Å². The van der Waals surface area contributed by atoms with Gasteiger partial charge in [-0.1, -0.05) is 12.8 Å². The molecule has 1 saturated carbocycles. The topological polar surface area (TPSA) is 58.4 Å². The number of aryl methyl sites for hydroxylation is 1. The quantitative estimate of drug-likeness (QED) is 0.767. The molecule has 1 aromatic heterocycles. The molecule has 0 atom stereocenters. The lowest BCUT2D eigenvalue weighted by molar-refractivity contribution is -0.133. The van der Waals surface area contributed by atoms with E-state index in [1.54, 1.807) is 10.7 Å². The maximum Gasteiger partial charge on any atom is 0.267 e. The summed E-state index contributed by atoms with van der Waals surface area (Å²) >= 11 is 1.87. The van der Waals surface area contributed by atoms with Crippen molar-refractivity contribution in [1.29, 1.82) is 0 Å². The summed E-state index contributed by atoms with van der Waals surface area (Å²) in [6.45, 7) is 4.88. The molecule has 0 N–H and O–H groups in total. The molecule has 2 aliphatic heterocycles. The smallest absolute Gasteiger partial charge is 0.267 e. The van der Waals surface area contributed by atoms with Crippen molar-refractivity contribution in [2.24, 2.45) is 5.92 Å². The lowest BCUT2D eigenvalue weighted by atomic mass is 10.0. The summed E-state index contributed by atoms with van der Waals surface area (Å²) in [5.41, 5.74) is 2.22. The van der Waals surface area contributed by atoms with Gasteiger partial charge in [0.05, 0.1) is 12.2 Å². The van der Waals surface area contributed by atoms with Gasteiger partial charge in [-0.2, -0.15) is 16.9 Å². The number of nitrogens with zero attached hydrogens (tertiary/aromatic N) is 4. The van der Waals surface area contributed by atoms with Gasteiger partial charge in [0.15, 0.2) is 0 Å². The first-order valence-corrected chi connectivity index (χ1v) is 11.5. The minimum Gasteiger partial charge on any atom is -0.340 e. The summed E-state index contributed by atoms with van der Waals surface area (Å²) < 4.78 is 1.63. The van der Waals surface area contributed by atoms with Gasteiger partial charge in [0.25, 0.3) is 5.56 Å². The van der Waals surface area contributed by atoms with Gasteiger partial charge < -0.3 is 4.90 Å².